The minimum Gasteiger partial charge on any atom is -0.481 e. The summed E-state index contributed by atoms with van der Waals surface area (Å²) in [5, 5.41) is 9.42. The second-order valence-corrected chi connectivity index (χ2v) is 5.49. The third-order valence-electron chi connectivity index (χ3n) is 4.11. The van der Waals surface area contributed by atoms with E-state index in [2.05, 4.69) is 0 Å². The fraction of sp³-hybridized carbons (Fsp3) is 0.400. The summed E-state index contributed by atoms with van der Waals surface area (Å²) in [5.74, 6) is -6.38. The summed E-state index contributed by atoms with van der Waals surface area (Å²) >= 11 is 0. The molecular weight excluding hydrogens is 309 g/mol. The van der Waals surface area contributed by atoms with Crippen molar-refractivity contribution in [2.75, 3.05) is 19.8 Å². The fourth-order valence-corrected chi connectivity index (χ4v) is 2.84. The first-order valence-electron chi connectivity index (χ1n) is 7.00. The minimum atomic E-state index is -1.44. The van der Waals surface area contributed by atoms with Gasteiger partial charge in [-0.2, -0.15) is 0 Å². The molecule has 1 N–H and O–H groups in total. The van der Waals surface area contributed by atoms with Crippen molar-refractivity contribution in [3.05, 3.63) is 35.1 Å². The number of ether oxygens (including phenoxy) is 2. The van der Waals surface area contributed by atoms with Crippen molar-refractivity contribution in [1.29, 1.82) is 0 Å². The Bertz CT molecular complexity index is 697. The molecule has 1 atom stereocenters. The second-order valence-electron chi connectivity index (χ2n) is 5.49. The van der Waals surface area contributed by atoms with E-state index in [1.165, 1.54) is 19.1 Å². The predicted molar refractivity (Wildman–Crippen MR) is 73.2 cm³/mol. The average molecular weight is 323 g/mol. The number of imide groups is 1. The molecule has 23 heavy (non-hydrogen) atoms. The molecule has 0 saturated carbocycles. The number of amides is 2. The Labute approximate surface area is 130 Å². The van der Waals surface area contributed by atoms with E-state index in [4.69, 9.17) is 9.47 Å². The highest BCUT2D eigenvalue weighted by Gasteiger charge is 2.48. The molecule has 0 radical (unpaired) electrons. The first kappa shape index (κ1) is 15.6. The molecular formula is C15H14FNO6. The predicted octanol–water partition coefficient (Wildman–Crippen LogP) is 0.886. The van der Waals surface area contributed by atoms with Gasteiger partial charge < -0.3 is 14.6 Å². The number of aliphatic carboxylic acids is 1. The quantitative estimate of drug-likeness (QED) is 0.827. The van der Waals surface area contributed by atoms with Crippen molar-refractivity contribution in [3.8, 4) is 0 Å². The largest absolute Gasteiger partial charge is 0.481 e. The lowest BCUT2D eigenvalue weighted by Gasteiger charge is -2.31. The zero-order chi connectivity index (χ0) is 16.8. The van der Waals surface area contributed by atoms with Crippen LogP contribution in [0.3, 0.4) is 0 Å². The summed E-state index contributed by atoms with van der Waals surface area (Å²) in [5.41, 5.74) is -0.405. The van der Waals surface area contributed by atoms with Crippen molar-refractivity contribution >= 4 is 17.8 Å². The van der Waals surface area contributed by atoms with Crippen LogP contribution in [0.25, 0.3) is 0 Å². The molecule has 1 aromatic carbocycles. The molecule has 1 unspecified atom stereocenters. The topological polar surface area (TPSA) is 93.1 Å². The van der Waals surface area contributed by atoms with E-state index in [9.17, 15) is 23.9 Å². The van der Waals surface area contributed by atoms with Crippen LogP contribution in [0.2, 0.25) is 0 Å². The Kier molecular flexibility index (Phi) is 3.65. The van der Waals surface area contributed by atoms with Gasteiger partial charge in [0.25, 0.3) is 11.8 Å². The second kappa shape index (κ2) is 5.39. The molecule has 2 heterocycles. The number of halogens is 1. The van der Waals surface area contributed by atoms with Crippen LogP contribution in [0, 0.1) is 11.7 Å². The van der Waals surface area contributed by atoms with Gasteiger partial charge in [-0.05, 0) is 19.1 Å². The van der Waals surface area contributed by atoms with Crippen molar-refractivity contribution < 1.29 is 33.4 Å². The number of carboxylic acid groups (broad SMARTS) is 1. The highest BCUT2D eigenvalue weighted by Crippen LogP contribution is 2.32. The van der Waals surface area contributed by atoms with Gasteiger partial charge in [0.1, 0.15) is 11.7 Å². The lowest BCUT2D eigenvalue weighted by atomic mass is 9.99. The molecule has 0 aromatic heterocycles. The van der Waals surface area contributed by atoms with E-state index >= 15 is 0 Å². The Balaban J connectivity index is 1.91. The number of rotatable bonds is 4. The molecule has 8 heteroatoms. The van der Waals surface area contributed by atoms with Crippen LogP contribution in [-0.4, -0.2) is 53.3 Å². The number of carbonyl (C=O) groups is 3. The highest BCUT2D eigenvalue weighted by atomic mass is 19.1. The molecule has 2 amide bonds. The zero-order valence-electron chi connectivity index (χ0n) is 12.2. The molecule has 2 aliphatic rings. The molecule has 3 rings (SSSR count). The van der Waals surface area contributed by atoms with Gasteiger partial charge in [-0.1, -0.05) is 6.07 Å². The summed E-state index contributed by atoms with van der Waals surface area (Å²) in [4.78, 5) is 36.9. The summed E-state index contributed by atoms with van der Waals surface area (Å²) in [6.07, 6.45) is 0. The standard InChI is InChI=1S/C15H14FNO6/c1-15(22-5-6-23-15)9(14(20)21)7-17-12(18)8-3-2-4-10(16)11(8)13(17)19/h2-4,9H,5-7H2,1H3,(H,20,21). The maximum Gasteiger partial charge on any atom is 0.313 e. The third kappa shape index (κ3) is 2.40. The Morgan fingerprint density at radius 1 is 1.35 bits per heavy atom. The number of carbonyl (C=O) groups excluding carboxylic acids is 2. The third-order valence-corrected chi connectivity index (χ3v) is 4.11. The summed E-state index contributed by atoms with van der Waals surface area (Å²) < 4.78 is 24.4. The normalized spacial score (nSPS) is 20.7. The first-order chi connectivity index (χ1) is 10.8. The Hall–Kier alpha value is -2.32. The lowest BCUT2D eigenvalue weighted by Crippen LogP contribution is -2.48. The molecule has 1 aromatic rings. The summed E-state index contributed by atoms with van der Waals surface area (Å²) in [6, 6.07) is 3.73. The van der Waals surface area contributed by atoms with Gasteiger partial charge in [0, 0.05) is 6.54 Å². The highest BCUT2D eigenvalue weighted by molar-refractivity contribution is 6.21. The molecule has 0 spiro atoms. The van der Waals surface area contributed by atoms with Gasteiger partial charge in [-0.15, -0.1) is 0 Å². The van der Waals surface area contributed by atoms with Crippen LogP contribution in [0.15, 0.2) is 18.2 Å². The van der Waals surface area contributed by atoms with Gasteiger partial charge in [0.15, 0.2) is 5.79 Å². The van der Waals surface area contributed by atoms with E-state index in [0.717, 1.165) is 11.0 Å². The van der Waals surface area contributed by atoms with Crippen molar-refractivity contribution in [3.63, 3.8) is 0 Å². The molecule has 2 aliphatic heterocycles. The smallest absolute Gasteiger partial charge is 0.313 e. The number of hydrogen-bond acceptors (Lipinski definition) is 5. The van der Waals surface area contributed by atoms with Gasteiger partial charge in [0.05, 0.1) is 24.3 Å². The number of hydrogen-bond donors (Lipinski definition) is 1. The van der Waals surface area contributed by atoms with Crippen molar-refractivity contribution in [2.45, 2.75) is 12.7 Å². The van der Waals surface area contributed by atoms with E-state index in [1.54, 1.807) is 0 Å². The van der Waals surface area contributed by atoms with Crippen LogP contribution in [0.4, 0.5) is 4.39 Å². The lowest BCUT2D eigenvalue weighted by molar-refractivity contribution is -0.197. The molecule has 0 bridgehead atoms. The van der Waals surface area contributed by atoms with Gasteiger partial charge in [-0.25, -0.2) is 4.39 Å². The maximum absolute atomic E-state index is 13.8. The molecule has 7 nitrogen and oxygen atoms in total. The van der Waals surface area contributed by atoms with Crippen LogP contribution in [0.1, 0.15) is 27.6 Å². The van der Waals surface area contributed by atoms with Crippen LogP contribution in [0.5, 0.6) is 0 Å². The Morgan fingerprint density at radius 3 is 2.57 bits per heavy atom. The summed E-state index contributed by atoms with van der Waals surface area (Å²) in [6.45, 7) is 1.42. The molecule has 122 valence electrons. The number of carboxylic acids is 1. The average Bonchev–Trinajstić information content (AvgIpc) is 3.02. The molecule has 1 saturated heterocycles. The van der Waals surface area contributed by atoms with E-state index in [-0.39, 0.29) is 24.3 Å². The summed E-state index contributed by atoms with van der Waals surface area (Å²) in [7, 11) is 0. The van der Waals surface area contributed by atoms with E-state index in [1.807, 2.05) is 0 Å². The van der Waals surface area contributed by atoms with Crippen LogP contribution >= 0.6 is 0 Å². The van der Waals surface area contributed by atoms with Crippen molar-refractivity contribution in [2.24, 2.45) is 5.92 Å². The first-order valence-corrected chi connectivity index (χ1v) is 7.00. The van der Waals surface area contributed by atoms with Crippen LogP contribution in [-0.2, 0) is 14.3 Å². The van der Waals surface area contributed by atoms with Crippen LogP contribution < -0.4 is 0 Å². The minimum absolute atomic E-state index is 0.0717. The monoisotopic (exact) mass is 323 g/mol. The number of fused-ring (bicyclic) bond motifs is 1. The van der Waals surface area contributed by atoms with Gasteiger partial charge in [-0.3, -0.25) is 19.3 Å². The SMILES string of the molecule is CC1(C(CN2C(=O)c3cccc(F)c3C2=O)C(=O)O)OCCO1. The Morgan fingerprint density at radius 2 is 2.00 bits per heavy atom. The van der Waals surface area contributed by atoms with Gasteiger partial charge >= 0.3 is 5.97 Å². The molecule has 0 aliphatic carbocycles. The maximum atomic E-state index is 13.8. The molecule has 1 fully saturated rings. The fourth-order valence-electron chi connectivity index (χ4n) is 2.84. The zero-order valence-corrected chi connectivity index (χ0v) is 12.2. The van der Waals surface area contributed by atoms with E-state index < -0.39 is 41.9 Å². The number of benzene rings is 1. The van der Waals surface area contributed by atoms with Crippen molar-refractivity contribution in [1.82, 2.24) is 4.90 Å². The van der Waals surface area contributed by atoms with E-state index in [0.29, 0.717) is 0 Å². The van der Waals surface area contributed by atoms with Gasteiger partial charge in [0.2, 0.25) is 0 Å². The number of nitrogens with zero attached hydrogens (tertiary/aromatic N) is 1.